The highest BCUT2D eigenvalue weighted by atomic mass is 16.2. The minimum atomic E-state index is -0.415. The van der Waals surface area contributed by atoms with E-state index in [1.807, 2.05) is 54.6 Å². The SMILES string of the molecule is CN1C(=O)C(N=Cc2ccccc2)c2ccccc21. The van der Waals surface area contributed by atoms with E-state index in [0.29, 0.717) is 0 Å². The average molecular weight is 250 g/mol. The molecule has 3 heteroatoms. The predicted molar refractivity (Wildman–Crippen MR) is 76.6 cm³/mol. The molecule has 1 amide bonds. The molecule has 0 saturated heterocycles. The number of rotatable bonds is 2. The predicted octanol–water partition coefficient (Wildman–Crippen LogP) is 2.82. The fourth-order valence-corrected chi connectivity index (χ4v) is 2.30. The minimum absolute atomic E-state index is 0.0216. The van der Waals surface area contributed by atoms with Crippen molar-refractivity contribution in [3.63, 3.8) is 0 Å². The molecule has 1 aliphatic heterocycles. The first-order valence-electron chi connectivity index (χ1n) is 6.22. The maximum Gasteiger partial charge on any atom is 0.256 e. The van der Waals surface area contributed by atoms with Crippen molar-refractivity contribution < 1.29 is 4.79 Å². The number of anilines is 1. The second-order valence-electron chi connectivity index (χ2n) is 4.55. The van der Waals surface area contributed by atoms with Crippen molar-refractivity contribution in [3.8, 4) is 0 Å². The fourth-order valence-electron chi connectivity index (χ4n) is 2.30. The Morgan fingerprint density at radius 1 is 1.05 bits per heavy atom. The van der Waals surface area contributed by atoms with Crippen LogP contribution in [-0.4, -0.2) is 19.2 Å². The maximum atomic E-state index is 12.2. The topological polar surface area (TPSA) is 32.7 Å². The van der Waals surface area contributed by atoms with Crippen LogP contribution in [0.5, 0.6) is 0 Å². The van der Waals surface area contributed by atoms with Gasteiger partial charge in [-0.15, -0.1) is 0 Å². The van der Waals surface area contributed by atoms with Gasteiger partial charge in [-0.05, 0) is 11.6 Å². The van der Waals surface area contributed by atoms with Gasteiger partial charge in [-0.2, -0.15) is 0 Å². The molecule has 0 saturated carbocycles. The first kappa shape index (κ1) is 11.7. The van der Waals surface area contributed by atoms with Gasteiger partial charge < -0.3 is 4.90 Å². The van der Waals surface area contributed by atoms with Gasteiger partial charge in [0.15, 0.2) is 6.04 Å². The molecule has 94 valence electrons. The van der Waals surface area contributed by atoms with E-state index >= 15 is 0 Å². The number of hydrogen-bond donors (Lipinski definition) is 0. The Kier molecular flexibility index (Phi) is 2.88. The molecule has 0 aliphatic carbocycles. The summed E-state index contributed by atoms with van der Waals surface area (Å²) in [4.78, 5) is 18.3. The third kappa shape index (κ3) is 2.03. The molecule has 0 bridgehead atoms. The molecular formula is C16H14N2O. The standard InChI is InChI=1S/C16H14N2O/c1-18-14-10-6-5-9-13(14)15(16(18)19)17-11-12-7-3-2-4-8-12/h2-11,15H,1H3. The molecule has 1 unspecified atom stereocenters. The number of para-hydroxylation sites is 1. The van der Waals surface area contributed by atoms with Crippen LogP contribution < -0.4 is 4.90 Å². The van der Waals surface area contributed by atoms with E-state index < -0.39 is 6.04 Å². The second-order valence-corrected chi connectivity index (χ2v) is 4.55. The normalized spacial score (nSPS) is 18.1. The first-order valence-corrected chi connectivity index (χ1v) is 6.22. The van der Waals surface area contributed by atoms with Gasteiger partial charge in [0.1, 0.15) is 0 Å². The molecule has 1 atom stereocenters. The van der Waals surface area contributed by atoms with E-state index in [0.717, 1.165) is 16.8 Å². The lowest BCUT2D eigenvalue weighted by molar-refractivity contribution is -0.118. The Hall–Kier alpha value is -2.42. The number of carbonyl (C=O) groups excluding carboxylic acids is 1. The van der Waals surface area contributed by atoms with Gasteiger partial charge in [0.2, 0.25) is 0 Å². The number of hydrogen-bond acceptors (Lipinski definition) is 2. The molecule has 1 heterocycles. The van der Waals surface area contributed by atoms with Crippen molar-refractivity contribution in [2.24, 2.45) is 4.99 Å². The van der Waals surface area contributed by atoms with Crippen molar-refractivity contribution in [3.05, 3.63) is 65.7 Å². The van der Waals surface area contributed by atoms with Crippen molar-refractivity contribution in [1.82, 2.24) is 0 Å². The smallest absolute Gasteiger partial charge is 0.256 e. The highest BCUT2D eigenvalue weighted by molar-refractivity contribution is 6.05. The molecule has 19 heavy (non-hydrogen) atoms. The first-order chi connectivity index (χ1) is 9.27. The van der Waals surface area contributed by atoms with Crippen LogP contribution >= 0.6 is 0 Å². The molecule has 0 N–H and O–H groups in total. The van der Waals surface area contributed by atoms with E-state index in [1.165, 1.54) is 0 Å². The van der Waals surface area contributed by atoms with E-state index in [4.69, 9.17) is 0 Å². The van der Waals surface area contributed by atoms with Crippen LogP contribution in [0.2, 0.25) is 0 Å². The summed E-state index contributed by atoms with van der Waals surface area (Å²) >= 11 is 0. The summed E-state index contributed by atoms with van der Waals surface area (Å²) in [5, 5.41) is 0. The molecule has 0 fully saturated rings. The van der Waals surface area contributed by atoms with Crippen LogP contribution in [-0.2, 0) is 4.79 Å². The van der Waals surface area contributed by atoms with Gasteiger partial charge in [0.05, 0.1) is 0 Å². The lowest BCUT2D eigenvalue weighted by Crippen LogP contribution is -2.23. The number of benzene rings is 2. The van der Waals surface area contributed by atoms with Crippen LogP contribution in [0.4, 0.5) is 5.69 Å². The van der Waals surface area contributed by atoms with Crippen molar-refractivity contribution in [2.45, 2.75) is 6.04 Å². The Morgan fingerprint density at radius 2 is 1.74 bits per heavy atom. The average Bonchev–Trinajstić information content (AvgIpc) is 2.71. The third-order valence-electron chi connectivity index (χ3n) is 3.33. The molecule has 0 radical (unpaired) electrons. The number of fused-ring (bicyclic) bond motifs is 1. The summed E-state index contributed by atoms with van der Waals surface area (Å²) in [6.07, 6.45) is 1.76. The van der Waals surface area contributed by atoms with E-state index in [-0.39, 0.29) is 5.91 Å². The van der Waals surface area contributed by atoms with Crippen LogP contribution in [0.25, 0.3) is 0 Å². The molecule has 2 aromatic rings. The van der Waals surface area contributed by atoms with Gasteiger partial charge in [-0.1, -0.05) is 48.5 Å². The quantitative estimate of drug-likeness (QED) is 0.754. The summed E-state index contributed by atoms with van der Waals surface area (Å²) in [6.45, 7) is 0. The number of likely N-dealkylation sites (N-methyl/N-ethyl adjacent to an activating group) is 1. The highest BCUT2D eigenvalue weighted by Crippen LogP contribution is 2.36. The Morgan fingerprint density at radius 3 is 2.53 bits per heavy atom. The van der Waals surface area contributed by atoms with Gasteiger partial charge in [0.25, 0.3) is 5.91 Å². The van der Waals surface area contributed by atoms with Gasteiger partial charge in [0, 0.05) is 24.5 Å². The number of aliphatic imine (C=N–C) groups is 1. The summed E-state index contributed by atoms with van der Waals surface area (Å²) in [6, 6.07) is 17.2. The van der Waals surface area contributed by atoms with Crippen LogP contribution in [0.3, 0.4) is 0 Å². The van der Waals surface area contributed by atoms with Crippen molar-refractivity contribution >= 4 is 17.8 Å². The van der Waals surface area contributed by atoms with E-state index in [1.54, 1.807) is 18.2 Å². The van der Waals surface area contributed by atoms with Gasteiger partial charge >= 0.3 is 0 Å². The molecule has 0 spiro atoms. The number of amides is 1. The lowest BCUT2D eigenvalue weighted by atomic mass is 10.1. The van der Waals surface area contributed by atoms with Crippen LogP contribution in [0.15, 0.2) is 59.6 Å². The molecule has 1 aliphatic rings. The molecule has 0 aromatic heterocycles. The monoisotopic (exact) mass is 250 g/mol. The third-order valence-corrected chi connectivity index (χ3v) is 3.33. The summed E-state index contributed by atoms with van der Waals surface area (Å²) < 4.78 is 0. The Balaban J connectivity index is 1.94. The summed E-state index contributed by atoms with van der Waals surface area (Å²) in [5.74, 6) is 0.0216. The molecule has 2 aromatic carbocycles. The zero-order valence-electron chi connectivity index (χ0n) is 10.7. The number of nitrogens with zero attached hydrogens (tertiary/aromatic N) is 2. The lowest BCUT2D eigenvalue weighted by Gasteiger charge is -2.08. The zero-order chi connectivity index (χ0) is 13.2. The second kappa shape index (κ2) is 4.69. The molecule has 3 rings (SSSR count). The van der Waals surface area contributed by atoms with E-state index in [9.17, 15) is 4.79 Å². The zero-order valence-corrected chi connectivity index (χ0v) is 10.7. The van der Waals surface area contributed by atoms with Gasteiger partial charge in [-0.3, -0.25) is 9.79 Å². The summed E-state index contributed by atoms with van der Waals surface area (Å²) in [5.41, 5.74) is 2.92. The van der Waals surface area contributed by atoms with Crippen LogP contribution in [0.1, 0.15) is 17.2 Å². The van der Waals surface area contributed by atoms with Crippen molar-refractivity contribution in [1.29, 1.82) is 0 Å². The number of carbonyl (C=O) groups is 1. The Bertz CT molecular complexity index is 634. The maximum absolute atomic E-state index is 12.2. The molecular weight excluding hydrogens is 236 g/mol. The summed E-state index contributed by atoms with van der Waals surface area (Å²) in [7, 11) is 1.79. The van der Waals surface area contributed by atoms with Crippen molar-refractivity contribution in [2.75, 3.05) is 11.9 Å². The Labute approximate surface area is 112 Å². The van der Waals surface area contributed by atoms with Gasteiger partial charge in [-0.25, -0.2) is 0 Å². The molecule has 3 nitrogen and oxygen atoms in total. The van der Waals surface area contributed by atoms with E-state index in [2.05, 4.69) is 4.99 Å². The highest BCUT2D eigenvalue weighted by Gasteiger charge is 2.33. The minimum Gasteiger partial charge on any atom is -0.313 e. The van der Waals surface area contributed by atoms with Crippen LogP contribution in [0, 0.1) is 0 Å². The largest absolute Gasteiger partial charge is 0.313 e. The fraction of sp³-hybridized carbons (Fsp3) is 0.125.